The van der Waals surface area contributed by atoms with Gasteiger partial charge in [0.05, 0.1) is 17.7 Å². The van der Waals surface area contributed by atoms with Crippen molar-refractivity contribution in [2.24, 2.45) is 5.73 Å². The third kappa shape index (κ3) is 2.59. The van der Waals surface area contributed by atoms with Crippen LogP contribution in [0.4, 0.5) is 0 Å². The standard InChI is InChI=1S/C12H13BrClNO/c13-9-7-8(4-5-10(9)14)12(15)11-3-1-2-6-16-11/h3-5,7,12H,1-2,6,15H2. The molecule has 0 spiro atoms. The van der Waals surface area contributed by atoms with Crippen molar-refractivity contribution < 1.29 is 4.74 Å². The van der Waals surface area contributed by atoms with Crippen LogP contribution in [-0.2, 0) is 4.74 Å². The van der Waals surface area contributed by atoms with Gasteiger partial charge < -0.3 is 10.5 Å². The highest BCUT2D eigenvalue weighted by Crippen LogP contribution is 2.29. The van der Waals surface area contributed by atoms with E-state index in [0.29, 0.717) is 5.02 Å². The van der Waals surface area contributed by atoms with Crippen LogP contribution < -0.4 is 5.73 Å². The van der Waals surface area contributed by atoms with Crippen LogP contribution in [0.5, 0.6) is 0 Å². The first-order valence-corrected chi connectivity index (χ1v) is 6.39. The van der Waals surface area contributed by atoms with E-state index >= 15 is 0 Å². The molecule has 1 unspecified atom stereocenters. The molecule has 0 radical (unpaired) electrons. The zero-order valence-electron chi connectivity index (χ0n) is 8.75. The van der Waals surface area contributed by atoms with Crippen molar-refractivity contribution in [1.29, 1.82) is 0 Å². The average molecular weight is 303 g/mol. The Labute approximate surface area is 109 Å². The van der Waals surface area contributed by atoms with E-state index in [1.54, 1.807) is 0 Å². The molecule has 2 N–H and O–H groups in total. The summed E-state index contributed by atoms with van der Waals surface area (Å²) in [6.07, 6.45) is 4.18. The fraction of sp³-hybridized carbons (Fsp3) is 0.333. The van der Waals surface area contributed by atoms with Gasteiger partial charge in [-0.15, -0.1) is 0 Å². The Morgan fingerprint density at radius 3 is 2.88 bits per heavy atom. The van der Waals surface area contributed by atoms with Crippen molar-refractivity contribution in [1.82, 2.24) is 0 Å². The largest absolute Gasteiger partial charge is 0.496 e. The van der Waals surface area contributed by atoms with Crippen LogP contribution in [0.25, 0.3) is 0 Å². The minimum atomic E-state index is -0.200. The summed E-state index contributed by atoms with van der Waals surface area (Å²) in [5, 5.41) is 0.689. The molecule has 0 saturated carbocycles. The van der Waals surface area contributed by atoms with E-state index < -0.39 is 0 Å². The number of rotatable bonds is 2. The van der Waals surface area contributed by atoms with Crippen LogP contribution in [0.3, 0.4) is 0 Å². The molecule has 0 fully saturated rings. The summed E-state index contributed by atoms with van der Waals surface area (Å²) in [6, 6.07) is 5.50. The van der Waals surface area contributed by atoms with Crippen LogP contribution in [0, 0.1) is 0 Å². The van der Waals surface area contributed by atoms with E-state index in [2.05, 4.69) is 22.0 Å². The fourth-order valence-electron chi connectivity index (χ4n) is 1.66. The summed E-state index contributed by atoms with van der Waals surface area (Å²) in [5.74, 6) is 0.862. The van der Waals surface area contributed by atoms with Crippen LogP contribution in [0.15, 0.2) is 34.5 Å². The van der Waals surface area contributed by atoms with Crippen LogP contribution in [0.2, 0.25) is 5.02 Å². The SMILES string of the molecule is NC(C1=CCCCO1)c1ccc(Cl)c(Br)c1. The van der Waals surface area contributed by atoms with Gasteiger partial charge in [-0.2, -0.15) is 0 Å². The maximum atomic E-state index is 6.13. The molecule has 1 aliphatic rings. The molecule has 0 bridgehead atoms. The average Bonchev–Trinajstić information content (AvgIpc) is 2.33. The van der Waals surface area contributed by atoms with E-state index in [-0.39, 0.29) is 6.04 Å². The van der Waals surface area contributed by atoms with Gasteiger partial charge in [0.25, 0.3) is 0 Å². The van der Waals surface area contributed by atoms with Crippen molar-refractivity contribution in [3.63, 3.8) is 0 Å². The molecule has 86 valence electrons. The molecule has 2 rings (SSSR count). The van der Waals surface area contributed by atoms with Crippen molar-refractivity contribution in [3.05, 3.63) is 45.1 Å². The molecule has 0 aromatic heterocycles. The maximum absolute atomic E-state index is 6.13. The quantitative estimate of drug-likeness (QED) is 0.902. The van der Waals surface area contributed by atoms with Gasteiger partial charge in [0.1, 0.15) is 5.76 Å². The van der Waals surface area contributed by atoms with Gasteiger partial charge in [-0.05, 0) is 52.5 Å². The summed E-state index contributed by atoms with van der Waals surface area (Å²) in [5.41, 5.74) is 7.14. The number of halogens is 2. The normalized spacial score (nSPS) is 17.6. The molecular weight excluding hydrogens is 289 g/mol. The highest BCUT2D eigenvalue weighted by atomic mass is 79.9. The minimum absolute atomic E-state index is 0.200. The number of hydrogen-bond donors (Lipinski definition) is 1. The zero-order valence-corrected chi connectivity index (χ0v) is 11.1. The van der Waals surface area contributed by atoms with Gasteiger partial charge in [0, 0.05) is 4.47 Å². The van der Waals surface area contributed by atoms with Crippen LogP contribution >= 0.6 is 27.5 Å². The second-order valence-electron chi connectivity index (χ2n) is 3.75. The van der Waals surface area contributed by atoms with Crippen LogP contribution in [-0.4, -0.2) is 6.61 Å². The molecule has 1 aliphatic heterocycles. The lowest BCUT2D eigenvalue weighted by atomic mass is 10.0. The van der Waals surface area contributed by atoms with E-state index in [1.807, 2.05) is 18.2 Å². The smallest absolute Gasteiger partial charge is 0.113 e. The first-order valence-electron chi connectivity index (χ1n) is 5.22. The lowest BCUT2D eigenvalue weighted by Gasteiger charge is -2.21. The number of ether oxygens (including phenoxy) is 1. The predicted octanol–water partition coefficient (Wildman–Crippen LogP) is 3.80. The third-order valence-corrected chi connectivity index (χ3v) is 3.79. The fourth-order valence-corrected chi connectivity index (χ4v) is 2.18. The van der Waals surface area contributed by atoms with Crippen molar-refractivity contribution in [3.8, 4) is 0 Å². The Bertz CT molecular complexity index is 419. The zero-order chi connectivity index (χ0) is 11.5. The highest BCUT2D eigenvalue weighted by molar-refractivity contribution is 9.10. The van der Waals surface area contributed by atoms with Crippen LogP contribution in [0.1, 0.15) is 24.4 Å². The highest BCUT2D eigenvalue weighted by Gasteiger charge is 2.16. The molecular formula is C12H13BrClNO. The molecule has 1 atom stereocenters. The second kappa shape index (κ2) is 5.21. The Balaban J connectivity index is 2.22. The summed E-state index contributed by atoms with van der Waals surface area (Å²) >= 11 is 9.33. The van der Waals surface area contributed by atoms with Gasteiger partial charge in [-0.1, -0.05) is 17.7 Å². The second-order valence-corrected chi connectivity index (χ2v) is 5.01. The molecule has 0 amide bonds. The molecule has 16 heavy (non-hydrogen) atoms. The molecule has 1 heterocycles. The lowest BCUT2D eigenvalue weighted by Crippen LogP contribution is -2.17. The molecule has 1 aromatic rings. The van der Waals surface area contributed by atoms with Crippen molar-refractivity contribution >= 4 is 27.5 Å². The number of hydrogen-bond acceptors (Lipinski definition) is 2. The van der Waals surface area contributed by atoms with Gasteiger partial charge in [-0.25, -0.2) is 0 Å². The third-order valence-electron chi connectivity index (χ3n) is 2.57. The van der Waals surface area contributed by atoms with Gasteiger partial charge in [0.2, 0.25) is 0 Å². The Kier molecular flexibility index (Phi) is 3.90. The minimum Gasteiger partial charge on any atom is -0.496 e. The van der Waals surface area contributed by atoms with Gasteiger partial charge in [0.15, 0.2) is 0 Å². The number of benzene rings is 1. The molecule has 0 aliphatic carbocycles. The Morgan fingerprint density at radius 1 is 1.44 bits per heavy atom. The molecule has 4 heteroatoms. The predicted molar refractivity (Wildman–Crippen MR) is 69.3 cm³/mol. The van der Waals surface area contributed by atoms with Crippen molar-refractivity contribution in [2.75, 3.05) is 6.61 Å². The summed E-state index contributed by atoms with van der Waals surface area (Å²) in [7, 11) is 0. The number of nitrogens with two attached hydrogens (primary N) is 1. The summed E-state index contributed by atoms with van der Waals surface area (Å²) < 4.78 is 6.41. The summed E-state index contributed by atoms with van der Waals surface area (Å²) in [6.45, 7) is 0.758. The first kappa shape index (κ1) is 12.0. The van der Waals surface area contributed by atoms with E-state index in [9.17, 15) is 0 Å². The molecule has 0 saturated heterocycles. The molecule has 2 nitrogen and oxygen atoms in total. The molecule has 1 aromatic carbocycles. The van der Waals surface area contributed by atoms with Gasteiger partial charge >= 0.3 is 0 Å². The Hall–Kier alpha value is -0.510. The summed E-state index contributed by atoms with van der Waals surface area (Å²) in [4.78, 5) is 0. The maximum Gasteiger partial charge on any atom is 0.113 e. The lowest BCUT2D eigenvalue weighted by molar-refractivity contribution is 0.176. The van der Waals surface area contributed by atoms with E-state index in [1.165, 1.54) is 0 Å². The number of allylic oxidation sites excluding steroid dienone is 1. The monoisotopic (exact) mass is 301 g/mol. The van der Waals surface area contributed by atoms with E-state index in [0.717, 1.165) is 35.2 Å². The van der Waals surface area contributed by atoms with E-state index in [4.69, 9.17) is 22.1 Å². The first-order chi connectivity index (χ1) is 7.68. The topological polar surface area (TPSA) is 35.2 Å². The van der Waals surface area contributed by atoms with Crippen molar-refractivity contribution in [2.45, 2.75) is 18.9 Å². The van der Waals surface area contributed by atoms with Gasteiger partial charge in [-0.3, -0.25) is 0 Å². The Morgan fingerprint density at radius 2 is 2.25 bits per heavy atom.